The van der Waals surface area contributed by atoms with E-state index in [2.05, 4.69) is 79.1 Å². The van der Waals surface area contributed by atoms with Gasteiger partial charge in [-0.15, -0.1) is 0 Å². The zero-order chi connectivity index (χ0) is 36.8. The quantitative estimate of drug-likeness (QED) is 0.0287. The zero-order valence-electron chi connectivity index (χ0n) is 31.5. The van der Waals surface area contributed by atoms with E-state index in [1.807, 2.05) is 0 Å². The van der Waals surface area contributed by atoms with Gasteiger partial charge < -0.3 is 19.3 Å². The summed E-state index contributed by atoms with van der Waals surface area (Å²) < 4.78 is 26.3. The van der Waals surface area contributed by atoms with E-state index in [4.69, 9.17) is 19.3 Å². The van der Waals surface area contributed by atoms with Crippen molar-refractivity contribution in [2.24, 2.45) is 0 Å². The number of rotatable bonds is 35. The molecule has 50 heavy (non-hydrogen) atoms. The third-order valence-corrected chi connectivity index (χ3v) is 8.49. The number of ether oxygens (including phenoxy) is 2. The van der Waals surface area contributed by atoms with Crippen LogP contribution in [0, 0.1) is 0 Å². The highest BCUT2D eigenvalue weighted by molar-refractivity contribution is 7.46. The van der Waals surface area contributed by atoms with Crippen molar-refractivity contribution in [3.63, 3.8) is 0 Å². The van der Waals surface area contributed by atoms with E-state index in [1.165, 1.54) is 64.2 Å². The van der Waals surface area contributed by atoms with Gasteiger partial charge in [-0.2, -0.15) is 0 Å². The van der Waals surface area contributed by atoms with Crippen molar-refractivity contribution in [3.8, 4) is 0 Å². The molecule has 0 radical (unpaired) electrons. The first-order valence-electron chi connectivity index (χ1n) is 19.6. The Morgan fingerprint density at radius 1 is 0.520 bits per heavy atom. The van der Waals surface area contributed by atoms with E-state index in [1.54, 1.807) is 0 Å². The fourth-order valence-corrected chi connectivity index (χ4v) is 5.42. The second kappa shape index (κ2) is 36.5. The molecule has 0 aliphatic rings. The summed E-state index contributed by atoms with van der Waals surface area (Å²) in [6.07, 6.45) is 45.1. The lowest BCUT2D eigenvalue weighted by atomic mass is 10.1. The Labute approximate surface area is 305 Å². The van der Waals surface area contributed by atoms with E-state index in [-0.39, 0.29) is 19.4 Å². The number of allylic oxidation sites excluding steroid dienone is 10. The molecule has 9 heteroatoms. The highest BCUT2D eigenvalue weighted by atomic mass is 31.2. The van der Waals surface area contributed by atoms with Crippen molar-refractivity contribution in [3.05, 3.63) is 60.8 Å². The number of unbranched alkanes of at least 4 members (excludes halogenated alkanes) is 15. The van der Waals surface area contributed by atoms with Crippen molar-refractivity contribution in [1.29, 1.82) is 0 Å². The molecule has 0 rings (SSSR count). The molecule has 0 bridgehead atoms. The first-order chi connectivity index (χ1) is 24.3. The highest BCUT2D eigenvalue weighted by Crippen LogP contribution is 2.36. The average molecular weight is 723 g/mol. The van der Waals surface area contributed by atoms with Crippen LogP contribution in [0.25, 0.3) is 0 Å². The molecule has 8 nitrogen and oxygen atoms in total. The smallest absolute Gasteiger partial charge is 0.462 e. The molecule has 0 saturated heterocycles. The molecule has 0 spiro atoms. The molecule has 2 N–H and O–H groups in total. The molecule has 0 aliphatic heterocycles. The summed E-state index contributed by atoms with van der Waals surface area (Å²) in [6.45, 7) is 3.59. The predicted molar refractivity (Wildman–Crippen MR) is 207 cm³/mol. The van der Waals surface area contributed by atoms with Gasteiger partial charge in [0.25, 0.3) is 0 Å². The lowest BCUT2D eigenvalue weighted by molar-refractivity contribution is -0.161. The first-order valence-corrected chi connectivity index (χ1v) is 21.1. The van der Waals surface area contributed by atoms with Crippen LogP contribution in [-0.2, 0) is 28.2 Å². The van der Waals surface area contributed by atoms with Crippen molar-refractivity contribution < 1.29 is 37.9 Å². The summed E-state index contributed by atoms with van der Waals surface area (Å²) >= 11 is 0. The van der Waals surface area contributed by atoms with E-state index in [9.17, 15) is 14.2 Å². The summed E-state index contributed by atoms with van der Waals surface area (Å²) in [5, 5.41) is 0. The fraction of sp³-hybridized carbons (Fsp3) is 0.707. The van der Waals surface area contributed by atoms with Crippen LogP contribution in [0.1, 0.15) is 168 Å². The first kappa shape index (κ1) is 47.8. The summed E-state index contributed by atoms with van der Waals surface area (Å²) in [6, 6.07) is 0. The minimum atomic E-state index is -4.77. The monoisotopic (exact) mass is 722 g/mol. The maximum absolute atomic E-state index is 12.4. The van der Waals surface area contributed by atoms with Gasteiger partial charge in [-0.3, -0.25) is 14.1 Å². The van der Waals surface area contributed by atoms with Gasteiger partial charge in [0.15, 0.2) is 6.10 Å². The Balaban J connectivity index is 4.06. The minimum absolute atomic E-state index is 0.162. The van der Waals surface area contributed by atoms with Crippen molar-refractivity contribution >= 4 is 19.8 Å². The molecule has 1 atom stereocenters. The molecule has 0 fully saturated rings. The molecule has 288 valence electrons. The summed E-state index contributed by atoms with van der Waals surface area (Å²) in [7, 11) is -4.77. The third-order valence-electron chi connectivity index (χ3n) is 8.01. The maximum atomic E-state index is 12.4. The number of carbonyl (C=O) groups excluding carboxylic acids is 2. The Kier molecular flexibility index (Phi) is 34.9. The number of phosphoric ester groups is 1. The van der Waals surface area contributed by atoms with Gasteiger partial charge in [-0.1, -0.05) is 132 Å². The van der Waals surface area contributed by atoms with Crippen LogP contribution in [0.3, 0.4) is 0 Å². The van der Waals surface area contributed by atoms with Crippen molar-refractivity contribution in [2.45, 2.75) is 174 Å². The minimum Gasteiger partial charge on any atom is -0.462 e. The molecular weight excluding hydrogens is 651 g/mol. The van der Waals surface area contributed by atoms with E-state index < -0.39 is 32.5 Å². The lowest BCUT2D eigenvalue weighted by Crippen LogP contribution is -2.29. The van der Waals surface area contributed by atoms with Crippen LogP contribution in [0.15, 0.2) is 60.8 Å². The SMILES string of the molecule is CCCCC/C=C/C/C=C/C/C=C/CCCCCCC(=O)OC[C@H](COP(=O)(O)O)OC(=O)CCCC/C=C/C/C=C/CCCCCCCC. The van der Waals surface area contributed by atoms with Gasteiger partial charge >= 0.3 is 19.8 Å². The molecule has 0 unspecified atom stereocenters. The van der Waals surface area contributed by atoms with Crippen LogP contribution < -0.4 is 0 Å². The Hall–Kier alpha value is -2.25. The van der Waals surface area contributed by atoms with Crippen molar-refractivity contribution in [2.75, 3.05) is 13.2 Å². The molecule has 0 saturated carbocycles. The molecule has 0 aliphatic carbocycles. The Morgan fingerprint density at radius 3 is 1.42 bits per heavy atom. The second-order valence-electron chi connectivity index (χ2n) is 12.9. The van der Waals surface area contributed by atoms with E-state index in [0.717, 1.165) is 64.2 Å². The third kappa shape index (κ3) is 38.6. The van der Waals surface area contributed by atoms with Gasteiger partial charge in [-0.25, -0.2) is 4.57 Å². The fourth-order valence-electron chi connectivity index (χ4n) is 5.06. The second-order valence-corrected chi connectivity index (χ2v) is 14.1. The van der Waals surface area contributed by atoms with Crippen LogP contribution in [0.2, 0.25) is 0 Å². The average Bonchev–Trinajstić information content (AvgIpc) is 3.08. The van der Waals surface area contributed by atoms with E-state index >= 15 is 0 Å². The topological polar surface area (TPSA) is 119 Å². The van der Waals surface area contributed by atoms with Gasteiger partial charge in [-0.05, 0) is 83.5 Å². The highest BCUT2D eigenvalue weighted by Gasteiger charge is 2.22. The van der Waals surface area contributed by atoms with Gasteiger partial charge in [0.1, 0.15) is 6.61 Å². The van der Waals surface area contributed by atoms with E-state index in [0.29, 0.717) is 12.8 Å². The Morgan fingerprint density at radius 2 is 0.900 bits per heavy atom. The van der Waals surface area contributed by atoms with Crippen LogP contribution >= 0.6 is 7.82 Å². The maximum Gasteiger partial charge on any atom is 0.469 e. The molecule has 0 aromatic carbocycles. The van der Waals surface area contributed by atoms with Crippen LogP contribution in [0.4, 0.5) is 0 Å². The summed E-state index contributed by atoms with van der Waals surface area (Å²) in [5.74, 6) is -0.953. The lowest BCUT2D eigenvalue weighted by Gasteiger charge is -2.18. The molecule has 0 amide bonds. The summed E-state index contributed by atoms with van der Waals surface area (Å²) in [4.78, 5) is 42.7. The predicted octanol–water partition coefficient (Wildman–Crippen LogP) is 11.7. The molecular formula is C41H71O8P. The van der Waals surface area contributed by atoms with Crippen molar-refractivity contribution in [1.82, 2.24) is 0 Å². The van der Waals surface area contributed by atoms with Crippen LogP contribution in [-0.4, -0.2) is 41.0 Å². The van der Waals surface area contributed by atoms with Gasteiger partial charge in [0, 0.05) is 12.8 Å². The number of hydrogen-bond donors (Lipinski definition) is 2. The van der Waals surface area contributed by atoms with Gasteiger partial charge in [0.05, 0.1) is 6.61 Å². The Bertz CT molecular complexity index is 995. The zero-order valence-corrected chi connectivity index (χ0v) is 32.4. The van der Waals surface area contributed by atoms with Crippen LogP contribution in [0.5, 0.6) is 0 Å². The van der Waals surface area contributed by atoms with Gasteiger partial charge in [0.2, 0.25) is 0 Å². The normalized spacial score (nSPS) is 13.1. The number of esters is 2. The molecule has 0 heterocycles. The largest absolute Gasteiger partial charge is 0.469 e. The number of phosphoric acid groups is 1. The summed E-state index contributed by atoms with van der Waals surface area (Å²) in [5.41, 5.74) is 0. The number of carbonyl (C=O) groups is 2. The molecule has 0 aromatic rings. The number of hydrogen-bond acceptors (Lipinski definition) is 6. The molecule has 0 aromatic heterocycles. The standard InChI is InChI=1S/C41H71O8P/c1-3-5-7-9-11-13-15-17-19-20-22-23-25-27-29-31-33-35-40(42)47-37-39(38-48-50(44,45)46)49-41(43)36-34-32-30-28-26-24-21-18-16-14-12-10-8-6-4-2/h11,13,17-19,21-23,26,28,39H,3-10,12,14-16,20,24-25,27,29-38H2,1-2H3,(H2,44,45,46)/b13-11+,19-17+,21-18+,23-22+,28-26+/t39-/m1/s1.